The Kier molecular flexibility index (Phi) is 6.07. The summed E-state index contributed by atoms with van der Waals surface area (Å²) in [7, 11) is 0. The topological polar surface area (TPSA) is 59.0 Å². The van der Waals surface area contributed by atoms with Crippen LogP contribution in [0.4, 0.5) is 5.69 Å². The molecule has 0 saturated heterocycles. The fourth-order valence-corrected chi connectivity index (χ4v) is 1.83. The third kappa shape index (κ3) is 4.29. The largest absolute Gasteiger partial charge is 0.493 e. The van der Waals surface area contributed by atoms with Gasteiger partial charge in [0.1, 0.15) is 11.8 Å². The Balaban J connectivity index is 2.54. The van der Waals surface area contributed by atoms with Gasteiger partial charge >= 0.3 is 0 Å². The zero-order chi connectivity index (χ0) is 13.4. The fourth-order valence-electron chi connectivity index (χ4n) is 1.83. The monoisotopic (exact) mass is 246 g/mol. The molecule has 1 aromatic rings. The lowest BCUT2D eigenvalue weighted by atomic mass is 10.0. The number of ether oxygens (including phenoxy) is 1. The van der Waals surface area contributed by atoms with Crippen molar-refractivity contribution in [1.29, 1.82) is 5.26 Å². The number of nitrogens with two attached hydrogens (primary N) is 1. The van der Waals surface area contributed by atoms with Gasteiger partial charge in [0, 0.05) is 5.69 Å². The average molecular weight is 246 g/mol. The van der Waals surface area contributed by atoms with E-state index in [1.54, 1.807) is 12.1 Å². The minimum Gasteiger partial charge on any atom is -0.493 e. The SMILES string of the molecule is CCCCC(CC)COc1ccc(N)c(C#N)c1. The van der Waals surface area contributed by atoms with Gasteiger partial charge in [-0.1, -0.05) is 33.1 Å². The number of hydrogen-bond acceptors (Lipinski definition) is 3. The normalized spacial score (nSPS) is 11.8. The number of benzene rings is 1. The second-order valence-electron chi connectivity index (χ2n) is 4.59. The second-order valence-corrected chi connectivity index (χ2v) is 4.59. The highest BCUT2D eigenvalue weighted by Gasteiger charge is 2.07. The van der Waals surface area contributed by atoms with Crippen molar-refractivity contribution in [3.63, 3.8) is 0 Å². The quantitative estimate of drug-likeness (QED) is 0.746. The molecule has 3 nitrogen and oxygen atoms in total. The molecule has 1 aromatic carbocycles. The number of hydrogen-bond donors (Lipinski definition) is 1. The van der Waals surface area contributed by atoms with E-state index in [0.29, 0.717) is 23.8 Å². The molecule has 2 N–H and O–H groups in total. The van der Waals surface area contributed by atoms with Crippen LogP contribution < -0.4 is 10.5 Å². The van der Waals surface area contributed by atoms with Gasteiger partial charge in [0.25, 0.3) is 0 Å². The van der Waals surface area contributed by atoms with Crippen LogP contribution in [0.15, 0.2) is 18.2 Å². The van der Waals surface area contributed by atoms with Crippen molar-refractivity contribution in [3.8, 4) is 11.8 Å². The first kappa shape index (κ1) is 14.4. The Morgan fingerprint density at radius 1 is 1.39 bits per heavy atom. The molecule has 0 fully saturated rings. The summed E-state index contributed by atoms with van der Waals surface area (Å²) in [6.45, 7) is 5.10. The summed E-state index contributed by atoms with van der Waals surface area (Å²) < 4.78 is 5.75. The molecule has 0 aliphatic heterocycles. The fraction of sp³-hybridized carbons (Fsp3) is 0.533. The summed E-state index contributed by atoms with van der Waals surface area (Å²) in [6, 6.07) is 7.32. The van der Waals surface area contributed by atoms with Crippen molar-refractivity contribution < 1.29 is 4.74 Å². The maximum Gasteiger partial charge on any atom is 0.120 e. The van der Waals surface area contributed by atoms with E-state index in [9.17, 15) is 0 Å². The van der Waals surface area contributed by atoms with Gasteiger partial charge in [-0.15, -0.1) is 0 Å². The number of unbranched alkanes of at least 4 members (excludes halogenated alkanes) is 1. The summed E-state index contributed by atoms with van der Waals surface area (Å²) in [6.07, 6.45) is 4.79. The third-order valence-corrected chi connectivity index (χ3v) is 3.17. The zero-order valence-electron chi connectivity index (χ0n) is 11.3. The molecule has 0 spiro atoms. The van der Waals surface area contributed by atoms with Crippen LogP contribution in [0.2, 0.25) is 0 Å². The number of nitrogen functional groups attached to an aromatic ring is 1. The molecule has 0 radical (unpaired) electrons. The highest BCUT2D eigenvalue weighted by molar-refractivity contribution is 5.56. The van der Waals surface area contributed by atoms with Gasteiger partial charge in [0.2, 0.25) is 0 Å². The van der Waals surface area contributed by atoms with E-state index in [4.69, 9.17) is 15.7 Å². The number of nitrogens with zero attached hydrogens (tertiary/aromatic N) is 1. The molecule has 0 aliphatic rings. The maximum absolute atomic E-state index is 8.90. The standard InChI is InChI=1S/C15H22N2O/c1-3-5-6-12(4-2)11-18-14-7-8-15(17)13(9-14)10-16/h7-9,12H,3-6,11,17H2,1-2H3. The third-order valence-electron chi connectivity index (χ3n) is 3.17. The van der Waals surface area contributed by atoms with Crippen LogP contribution >= 0.6 is 0 Å². The first-order chi connectivity index (χ1) is 8.71. The first-order valence-corrected chi connectivity index (χ1v) is 6.63. The molecule has 1 atom stereocenters. The van der Waals surface area contributed by atoms with E-state index in [2.05, 4.69) is 19.9 Å². The Bertz CT molecular complexity index is 409. The molecule has 0 saturated carbocycles. The Morgan fingerprint density at radius 2 is 2.17 bits per heavy atom. The molecule has 3 heteroatoms. The van der Waals surface area contributed by atoms with Gasteiger partial charge in [-0.3, -0.25) is 0 Å². The van der Waals surface area contributed by atoms with Gasteiger partial charge in [0.15, 0.2) is 0 Å². The molecule has 0 amide bonds. The van der Waals surface area contributed by atoms with Gasteiger partial charge < -0.3 is 10.5 Å². The van der Waals surface area contributed by atoms with Gasteiger partial charge in [-0.05, 0) is 30.5 Å². The van der Waals surface area contributed by atoms with Crippen LogP contribution in [0.25, 0.3) is 0 Å². The van der Waals surface area contributed by atoms with Crippen LogP contribution in [-0.2, 0) is 0 Å². The molecule has 98 valence electrons. The predicted octanol–water partition coefficient (Wildman–Crippen LogP) is 3.74. The van der Waals surface area contributed by atoms with E-state index < -0.39 is 0 Å². The molecular weight excluding hydrogens is 224 g/mol. The highest BCUT2D eigenvalue weighted by atomic mass is 16.5. The predicted molar refractivity (Wildman–Crippen MR) is 74.4 cm³/mol. The van der Waals surface area contributed by atoms with Crippen LogP contribution in [0.3, 0.4) is 0 Å². The number of nitriles is 1. The molecule has 0 aromatic heterocycles. The Morgan fingerprint density at radius 3 is 2.78 bits per heavy atom. The average Bonchev–Trinajstić information content (AvgIpc) is 2.40. The summed E-state index contributed by atoms with van der Waals surface area (Å²) in [4.78, 5) is 0. The maximum atomic E-state index is 8.90. The van der Waals surface area contributed by atoms with E-state index in [1.165, 1.54) is 19.3 Å². The molecule has 0 aliphatic carbocycles. The Hall–Kier alpha value is -1.69. The van der Waals surface area contributed by atoms with Crippen LogP contribution in [0.5, 0.6) is 5.75 Å². The summed E-state index contributed by atoms with van der Waals surface area (Å²) in [5.41, 5.74) is 6.65. The lowest BCUT2D eigenvalue weighted by Crippen LogP contribution is -2.11. The smallest absolute Gasteiger partial charge is 0.120 e. The molecule has 0 bridgehead atoms. The van der Waals surface area contributed by atoms with Crippen LogP contribution in [0, 0.1) is 17.2 Å². The number of rotatable bonds is 7. The molecule has 18 heavy (non-hydrogen) atoms. The summed E-state index contributed by atoms with van der Waals surface area (Å²) >= 11 is 0. The highest BCUT2D eigenvalue weighted by Crippen LogP contribution is 2.21. The Labute approximate surface area is 110 Å². The lowest BCUT2D eigenvalue weighted by Gasteiger charge is -2.15. The minimum absolute atomic E-state index is 0.481. The lowest BCUT2D eigenvalue weighted by molar-refractivity contribution is 0.233. The van der Waals surface area contributed by atoms with E-state index in [-0.39, 0.29) is 0 Å². The first-order valence-electron chi connectivity index (χ1n) is 6.63. The van der Waals surface area contributed by atoms with Crippen LogP contribution in [0.1, 0.15) is 45.1 Å². The summed E-state index contributed by atoms with van der Waals surface area (Å²) in [5.74, 6) is 1.32. The van der Waals surface area contributed by atoms with Gasteiger partial charge in [0.05, 0.1) is 12.2 Å². The van der Waals surface area contributed by atoms with Gasteiger partial charge in [-0.2, -0.15) is 5.26 Å². The summed E-state index contributed by atoms with van der Waals surface area (Å²) in [5, 5.41) is 8.90. The zero-order valence-corrected chi connectivity index (χ0v) is 11.3. The van der Waals surface area contributed by atoms with Gasteiger partial charge in [-0.25, -0.2) is 0 Å². The second kappa shape index (κ2) is 7.60. The van der Waals surface area contributed by atoms with Crippen molar-refractivity contribution in [2.45, 2.75) is 39.5 Å². The van der Waals surface area contributed by atoms with E-state index >= 15 is 0 Å². The van der Waals surface area contributed by atoms with Crippen LogP contribution in [-0.4, -0.2) is 6.61 Å². The van der Waals surface area contributed by atoms with Crippen molar-refractivity contribution in [1.82, 2.24) is 0 Å². The molecular formula is C15H22N2O. The van der Waals surface area contributed by atoms with Crippen molar-refractivity contribution in [2.75, 3.05) is 12.3 Å². The van der Waals surface area contributed by atoms with Crippen molar-refractivity contribution in [3.05, 3.63) is 23.8 Å². The minimum atomic E-state index is 0.481. The van der Waals surface area contributed by atoms with Crippen molar-refractivity contribution >= 4 is 5.69 Å². The van der Waals surface area contributed by atoms with Crippen molar-refractivity contribution in [2.24, 2.45) is 5.92 Å². The molecule has 1 rings (SSSR count). The number of anilines is 1. The molecule has 1 unspecified atom stereocenters. The molecule has 0 heterocycles. The van der Waals surface area contributed by atoms with E-state index in [1.807, 2.05) is 6.07 Å². The van der Waals surface area contributed by atoms with E-state index in [0.717, 1.165) is 12.2 Å².